The molecular weight excluding hydrogens is 705 g/mol. The molecule has 0 saturated carbocycles. The summed E-state index contributed by atoms with van der Waals surface area (Å²) in [5.74, 6) is 1.04. The van der Waals surface area contributed by atoms with Crippen LogP contribution in [0.4, 0.5) is 9.59 Å². The second-order valence-electron chi connectivity index (χ2n) is 14.1. The number of likely N-dealkylation sites (tertiary alicyclic amines) is 2. The Morgan fingerprint density at radius 1 is 0.808 bits per heavy atom. The topological polar surface area (TPSA) is 175 Å². The summed E-state index contributed by atoms with van der Waals surface area (Å²) in [7, 11) is 2.59. The lowest BCUT2D eigenvalue weighted by molar-refractivity contribution is -0.136. The molecule has 14 nitrogen and oxygen atoms in total. The van der Waals surface area contributed by atoms with Crippen LogP contribution >= 0.6 is 23.1 Å². The van der Waals surface area contributed by atoms with Crippen LogP contribution in [0.1, 0.15) is 99.4 Å². The number of aromatic nitrogens is 4. The molecule has 280 valence electrons. The molecule has 3 aliphatic rings. The number of carbonyl (C=O) groups excluding carboxylic acids is 4. The molecule has 6 heterocycles. The number of ether oxygens (including phenoxy) is 2. The van der Waals surface area contributed by atoms with Gasteiger partial charge in [0.1, 0.15) is 23.7 Å². The minimum absolute atomic E-state index is 0.0979. The number of rotatable bonds is 11. The number of H-pyrrole nitrogens is 2. The fraction of sp³-hybridized carbons (Fsp3) is 0.556. The van der Waals surface area contributed by atoms with Crippen molar-refractivity contribution in [2.75, 3.05) is 27.3 Å². The van der Waals surface area contributed by atoms with Crippen LogP contribution < -0.4 is 10.6 Å². The molecule has 4 N–H and O–H groups in total. The summed E-state index contributed by atoms with van der Waals surface area (Å²) in [4.78, 5) is 74.5. The Balaban J connectivity index is 1.09. The zero-order valence-electron chi connectivity index (χ0n) is 30.4. The molecule has 3 aromatic rings. The van der Waals surface area contributed by atoms with Gasteiger partial charge in [0.05, 0.1) is 55.0 Å². The van der Waals surface area contributed by atoms with Crippen molar-refractivity contribution in [2.24, 2.45) is 11.8 Å². The molecule has 0 spiro atoms. The van der Waals surface area contributed by atoms with Gasteiger partial charge in [-0.1, -0.05) is 33.8 Å². The third kappa shape index (κ3) is 7.87. The first-order chi connectivity index (χ1) is 25.0. The summed E-state index contributed by atoms with van der Waals surface area (Å²) in [6, 6.07) is 2.54. The number of nitrogens with zero attached hydrogens (tertiary/aromatic N) is 4. The van der Waals surface area contributed by atoms with E-state index in [9.17, 15) is 19.2 Å². The normalized spacial score (nSPS) is 21.4. The van der Waals surface area contributed by atoms with Gasteiger partial charge in [0, 0.05) is 28.1 Å². The number of nitrogens with one attached hydrogen (secondary N) is 4. The molecule has 0 aliphatic carbocycles. The fourth-order valence-corrected chi connectivity index (χ4v) is 9.50. The Morgan fingerprint density at radius 2 is 1.33 bits per heavy atom. The summed E-state index contributed by atoms with van der Waals surface area (Å²) in [5, 5.41) is 5.65. The van der Waals surface area contributed by atoms with E-state index in [-0.39, 0.29) is 41.0 Å². The molecule has 1 unspecified atom stereocenters. The molecule has 6 rings (SSSR count). The van der Waals surface area contributed by atoms with E-state index in [0.717, 1.165) is 64.9 Å². The summed E-state index contributed by atoms with van der Waals surface area (Å²) in [5.41, 5.74) is 1.84. The van der Waals surface area contributed by atoms with Crippen LogP contribution in [0.25, 0.3) is 15.5 Å². The minimum Gasteiger partial charge on any atom is -0.453 e. The number of hydrogen-bond donors (Lipinski definition) is 4. The van der Waals surface area contributed by atoms with Gasteiger partial charge in [-0.3, -0.25) is 9.59 Å². The van der Waals surface area contributed by atoms with Gasteiger partial charge in [-0.2, -0.15) is 0 Å². The molecule has 2 saturated heterocycles. The van der Waals surface area contributed by atoms with Crippen molar-refractivity contribution in [3.8, 4) is 10.6 Å². The number of hydrogen-bond acceptors (Lipinski definition) is 10. The monoisotopic (exact) mass is 752 g/mol. The molecular formula is C36H48N8O6S2. The van der Waals surface area contributed by atoms with Gasteiger partial charge < -0.3 is 39.9 Å². The van der Waals surface area contributed by atoms with Gasteiger partial charge >= 0.3 is 12.2 Å². The van der Waals surface area contributed by atoms with Crippen molar-refractivity contribution in [3.63, 3.8) is 0 Å². The number of carbonyl (C=O) groups is 4. The molecule has 4 amide bonds. The summed E-state index contributed by atoms with van der Waals surface area (Å²) in [6.45, 7) is 8.83. The third-order valence-electron chi connectivity index (χ3n) is 9.94. The quantitative estimate of drug-likeness (QED) is 0.179. The van der Waals surface area contributed by atoms with Gasteiger partial charge in [0.25, 0.3) is 0 Å². The maximum absolute atomic E-state index is 13.5. The van der Waals surface area contributed by atoms with E-state index in [1.807, 2.05) is 49.9 Å². The van der Waals surface area contributed by atoms with Crippen molar-refractivity contribution >= 4 is 52.0 Å². The van der Waals surface area contributed by atoms with Crippen LogP contribution in [0.2, 0.25) is 0 Å². The van der Waals surface area contributed by atoms with E-state index in [1.165, 1.54) is 19.1 Å². The number of thiophene rings is 1. The van der Waals surface area contributed by atoms with E-state index in [2.05, 4.69) is 38.8 Å². The largest absolute Gasteiger partial charge is 0.453 e. The van der Waals surface area contributed by atoms with Crippen LogP contribution in [-0.4, -0.2) is 93.1 Å². The Morgan fingerprint density at radius 3 is 1.85 bits per heavy atom. The van der Waals surface area contributed by atoms with Crippen LogP contribution in [0, 0.1) is 11.8 Å². The lowest BCUT2D eigenvalue weighted by atomic mass is 10.0. The zero-order chi connectivity index (χ0) is 37.1. The predicted octanol–water partition coefficient (Wildman–Crippen LogP) is 6.17. The fourth-order valence-electron chi connectivity index (χ4n) is 7.13. The van der Waals surface area contributed by atoms with E-state index in [1.54, 1.807) is 23.1 Å². The van der Waals surface area contributed by atoms with Crippen LogP contribution in [0.3, 0.4) is 0 Å². The number of methoxy groups -OCH3 is 2. The molecule has 0 radical (unpaired) electrons. The standard InChI is InChI=1S/C36H48N8O6S2/c1-19(2)29(41-35(47)49-5)33(45)43-15-7-9-23(43)31-37-17-21(39-31)25-11-13-27(51-25)28-14-12-26(52-28)22-18-38-32(40-22)24-10-8-16-44(24)34(46)30(20(3)4)42-36(48)50-6/h11-13,17-20,23-24,28-30H,7-10,14-16H2,1-6H3,(H,37,39)(H,38,40)(H,41,47)(H,42,48)/t23-,24-,28?,29-,30-/m0/s1. The van der Waals surface area contributed by atoms with Crippen molar-refractivity contribution in [2.45, 2.75) is 89.2 Å². The van der Waals surface area contributed by atoms with E-state index in [0.29, 0.717) is 13.1 Å². The van der Waals surface area contributed by atoms with Crippen molar-refractivity contribution < 1.29 is 28.7 Å². The highest BCUT2D eigenvalue weighted by Crippen LogP contribution is 2.50. The van der Waals surface area contributed by atoms with Crippen LogP contribution in [-0.2, 0) is 19.1 Å². The third-order valence-corrected chi connectivity index (χ3v) is 12.7. The molecule has 16 heteroatoms. The molecule has 52 heavy (non-hydrogen) atoms. The van der Waals surface area contributed by atoms with Gasteiger partial charge in [0.2, 0.25) is 11.8 Å². The second kappa shape index (κ2) is 16.1. The molecule has 0 aromatic carbocycles. The SMILES string of the molecule is COC(=O)N[C@H](C(=O)N1CCC[C@H]1c1ncc(C2=CCC(c3ccc(-c4cnc([C@@H]5CCCN5C(=O)[C@@H](NC(=O)OC)C(C)C)[nH]4)s3)S2)[nH]1)C(C)C. The number of aromatic amines is 2. The number of amides is 4. The lowest BCUT2D eigenvalue weighted by Crippen LogP contribution is -2.51. The Hall–Kier alpha value is -4.31. The highest BCUT2D eigenvalue weighted by Gasteiger charge is 2.39. The van der Waals surface area contributed by atoms with E-state index in [4.69, 9.17) is 19.4 Å². The van der Waals surface area contributed by atoms with Gasteiger partial charge in [-0.05, 0) is 56.1 Å². The maximum atomic E-state index is 13.5. The first kappa shape index (κ1) is 37.4. The maximum Gasteiger partial charge on any atom is 0.407 e. The van der Waals surface area contributed by atoms with Crippen molar-refractivity contribution in [1.82, 2.24) is 40.4 Å². The second-order valence-corrected chi connectivity index (χ2v) is 16.4. The zero-order valence-corrected chi connectivity index (χ0v) is 32.1. The Bertz CT molecular complexity index is 1800. The predicted molar refractivity (Wildman–Crippen MR) is 199 cm³/mol. The van der Waals surface area contributed by atoms with Gasteiger partial charge in [0.15, 0.2) is 0 Å². The lowest BCUT2D eigenvalue weighted by Gasteiger charge is -2.30. The molecule has 2 fully saturated rings. The Kier molecular flexibility index (Phi) is 11.6. The summed E-state index contributed by atoms with van der Waals surface area (Å²) in [6.07, 6.45) is 8.86. The first-order valence-corrected chi connectivity index (χ1v) is 19.6. The van der Waals surface area contributed by atoms with Crippen molar-refractivity contribution in [3.05, 3.63) is 52.8 Å². The number of allylic oxidation sites excluding steroid dienone is 1. The number of imidazole rings is 2. The number of thioether (sulfide) groups is 1. The molecule has 3 aromatic heterocycles. The molecule has 5 atom stereocenters. The number of alkyl carbamates (subject to hydrolysis) is 2. The van der Waals surface area contributed by atoms with Crippen LogP contribution in [0.5, 0.6) is 0 Å². The smallest absolute Gasteiger partial charge is 0.407 e. The van der Waals surface area contributed by atoms with Gasteiger partial charge in [-0.25, -0.2) is 19.6 Å². The molecule has 0 bridgehead atoms. The minimum atomic E-state index is -0.681. The summed E-state index contributed by atoms with van der Waals surface area (Å²) < 4.78 is 9.52. The highest BCUT2D eigenvalue weighted by molar-refractivity contribution is 8.08. The molecule has 3 aliphatic heterocycles. The highest BCUT2D eigenvalue weighted by atomic mass is 32.2. The Labute approximate surface area is 311 Å². The average molecular weight is 753 g/mol. The average Bonchev–Trinajstić information content (AvgIpc) is 3.98. The summed E-state index contributed by atoms with van der Waals surface area (Å²) >= 11 is 3.52. The van der Waals surface area contributed by atoms with Crippen LogP contribution in [0.15, 0.2) is 30.6 Å². The first-order valence-electron chi connectivity index (χ1n) is 17.9. The van der Waals surface area contributed by atoms with E-state index >= 15 is 0 Å². The van der Waals surface area contributed by atoms with Crippen molar-refractivity contribution in [1.29, 1.82) is 0 Å². The van der Waals surface area contributed by atoms with E-state index < -0.39 is 24.3 Å². The van der Waals surface area contributed by atoms with Gasteiger partial charge in [-0.15, -0.1) is 23.1 Å².